The molecule has 31 heavy (non-hydrogen) atoms. The molecule has 0 aliphatic heterocycles. The number of nitrogens with one attached hydrogen (secondary N) is 1. The van der Waals surface area contributed by atoms with Crippen LogP contribution in [0.4, 0.5) is 22.0 Å². The largest absolute Gasteiger partial charge is 0.481 e. The molecular formula is C19H12F5N3O4. The number of nitrogens with zero attached hydrogens (tertiary/aromatic N) is 2. The highest BCUT2D eigenvalue weighted by Gasteiger charge is 2.36. The maximum Gasteiger partial charge on any atom is 0.416 e. The Balaban J connectivity index is 1.91. The lowest BCUT2D eigenvalue weighted by Crippen LogP contribution is -2.32. The van der Waals surface area contributed by atoms with E-state index in [1.165, 1.54) is 6.07 Å². The van der Waals surface area contributed by atoms with Gasteiger partial charge in [0.2, 0.25) is 0 Å². The van der Waals surface area contributed by atoms with E-state index in [-0.39, 0.29) is 0 Å². The van der Waals surface area contributed by atoms with Gasteiger partial charge in [-0.1, -0.05) is 29.4 Å². The zero-order valence-corrected chi connectivity index (χ0v) is 15.3. The second-order valence-corrected chi connectivity index (χ2v) is 6.23. The number of hydrogen-bond acceptors (Lipinski definition) is 5. The van der Waals surface area contributed by atoms with Gasteiger partial charge in [0.05, 0.1) is 23.6 Å². The first-order valence-electron chi connectivity index (χ1n) is 8.54. The van der Waals surface area contributed by atoms with Crippen LogP contribution < -0.4 is 5.32 Å². The zero-order valence-electron chi connectivity index (χ0n) is 15.3. The van der Waals surface area contributed by atoms with Gasteiger partial charge in [-0.2, -0.15) is 18.2 Å². The summed E-state index contributed by atoms with van der Waals surface area (Å²) >= 11 is 0. The number of halogens is 5. The van der Waals surface area contributed by atoms with E-state index in [1.54, 1.807) is 0 Å². The van der Waals surface area contributed by atoms with Crippen molar-refractivity contribution in [3.05, 3.63) is 71.1 Å². The first-order valence-corrected chi connectivity index (χ1v) is 8.54. The number of carboxylic acids is 1. The highest BCUT2D eigenvalue weighted by Crippen LogP contribution is 2.35. The molecule has 0 fully saturated rings. The maximum absolute atomic E-state index is 13.9. The Morgan fingerprint density at radius 3 is 2.48 bits per heavy atom. The third-order valence-corrected chi connectivity index (χ3v) is 4.14. The monoisotopic (exact) mass is 441 g/mol. The highest BCUT2D eigenvalue weighted by molar-refractivity contribution is 5.91. The molecule has 0 saturated carbocycles. The number of rotatable bonds is 6. The minimum Gasteiger partial charge on any atom is -0.481 e. The van der Waals surface area contributed by atoms with Crippen molar-refractivity contribution in [1.82, 2.24) is 15.5 Å². The molecule has 2 aromatic carbocycles. The summed E-state index contributed by atoms with van der Waals surface area (Å²) in [4.78, 5) is 27.2. The number of hydrogen-bond donors (Lipinski definition) is 2. The van der Waals surface area contributed by atoms with Crippen LogP contribution >= 0.6 is 0 Å². The number of aliphatic carboxylic acids is 1. The molecule has 1 aromatic heterocycles. The summed E-state index contributed by atoms with van der Waals surface area (Å²) in [5, 5.41) is 14.5. The van der Waals surface area contributed by atoms with E-state index in [2.05, 4.69) is 15.5 Å². The second kappa shape index (κ2) is 8.50. The summed E-state index contributed by atoms with van der Waals surface area (Å²) in [7, 11) is 0. The van der Waals surface area contributed by atoms with Gasteiger partial charge in [0.1, 0.15) is 0 Å². The molecule has 1 unspecified atom stereocenters. The van der Waals surface area contributed by atoms with Gasteiger partial charge in [0.25, 0.3) is 17.6 Å². The van der Waals surface area contributed by atoms with Gasteiger partial charge >= 0.3 is 12.1 Å². The lowest BCUT2D eigenvalue weighted by Gasteiger charge is -2.21. The summed E-state index contributed by atoms with van der Waals surface area (Å²) in [6.07, 6.45) is -5.67. The first kappa shape index (κ1) is 21.9. The molecule has 2 N–H and O–H groups in total. The van der Waals surface area contributed by atoms with Gasteiger partial charge in [0.15, 0.2) is 11.6 Å². The Morgan fingerprint density at radius 1 is 1.10 bits per heavy atom. The van der Waals surface area contributed by atoms with Crippen LogP contribution in [0.1, 0.15) is 34.2 Å². The summed E-state index contributed by atoms with van der Waals surface area (Å²) in [6, 6.07) is 5.67. The molecule has 0 saturated heterocycles. The fourth-order valence-electron chi connectivity index (χ4n) is 2.79. The highest BCUT2D eigenvalue weighted by atomic mass is 19.4. The van der Waals surface area contributed by atoms with E-state index in [4.69, 9.17) is 9.63 Å². The smallest absolute Gasteiger partial charge is 0.416 e. The van der Waals surface area contributed by atoms with Crippen LogP contribution in [0.5, 0.6) is 0 Å². The van der Waals surface area contributed by atoms with Crippen molar-refractivity contribution in [3.63, 3.8) is 0 Å². The third kappa shape index (κ3) is 4.85. The van der Waals surface area contributed by atoms with Crippen LogP contribution in [0.15, 0.2) is 47.0 Å². The van der Waals surface area contributed by atoms with Gasteiger partial charge in [-0.3, -0.25) is 9.59 Å². The average molecular weight is 441 g/mol. The molecule has 12 heteroatoms. The molecule has 3 rings (SSSR count). The lowest BCUT2D eigenvalue weighted by atomic mass is 9.97. The van der Waals surface area contributed by atoms with Gasteiger partial charge in [0, 0.05) is 0 Å². The minimum atomic E-state index is -4.80. The van der Waals surface area contributed by atoms with Crippen LogP contribution in [-0.4, -0.2) is 27.1 Å². The molecular weight excluding hydrogens is 429 g/mol. The normalized spacial score (nSPS) is 12.4. The average Bonchev–Trinajstić information content (AvgIpc) is 3.18. The Hall–Kier alpha value is -3.83. The SMILES string of the molecule is O=C(O)CC(NC(=O)c1noc(-c2cccc(F)c2F)n1)c1ccccc1C(F)(F)F. The number of amides is 1. The molecule has 0 aliphatic carbocycles. The molecule has 0 spiro atoms. The third-order valence-electron chi connectivity index (χ3n) is 4.14. The van der Waals surface area contributed by atoms with E-state index in [9.17, 15) is 31.5 Å². The molecule has 162 valence electrons. The molecule has 0 bridgehead atoms. The quantitative estimate of drug-likeness (QED) is 0.561. The number of benzene rings is 2. The van der Waals surface area contributed by atoms with Crippen molar-refractivity contribution >= 4 is 11.9 Å². The fourth-order valence-corrected chi connectivity index (χ4v) is 2.79. The van der Waals surface area contributed by atoms with E-state index >= 15 is 0 Å². The van der Waals surface area contributed by atoms with E-state index in [0.717, 1.165) is 36.4 Å². The van der Waals surface area contributed by atoms with Gasteiger partial charge in [-0.25, -0.2) is 8.78 Å². The Kier molecular flexibility index (Phi) is 5.99. The number of carbonyl (C=O) groups is 2. The van der Waals surface area contributed by atoms with Gasteiger partial charge in [-0.15, -0.1) is 0 Å². The van der Waals surface area contributed by atoms with Crippen LogP contribution in [0, 0.1) is 11.6 Å². The van der Waals surface area contributed by atoms with E-state index in [1.807, 2.05) is 0 Å². The lowest BCUT2D eigenvalue weighted by molar-refractivity contribution is -0.140. The predicted octanol–water partition coefficient (Wildman–Crippen LogP) is 3.98. The summed E-state index contributed by atoms with van der Waals surface area (Å²) in [5.74, 6) is -6.41. The number of carbonyl (C=O) groups excluding carboxylic acids is 1. The Bertz CT molecular complexity index is 1130. The molecule has 1 atom stereocenters. The van der Waals surface area contributed by atoms with Gasteiger partial charge < -0.3 is 14.9 Å². The molecule has 3 aromatic rings. The summed E-state index contributed by atoms with van der Waals surface area (Å²) in [6.45, 7) is 0. The van der Waals surface area contributed by atoms with Crippen molar-refractivity contribution in [2.24, 2.45) is 0 Å². The van der Waals surface area contributed by atoms with Crippen molar-refractivity contribution < 1.29 is 41.2 Å². The van der Waals surface area contributed by atoms with E-state index in [0.29, 0.717) is 0 Å². The summed E-state index contributed by atoms with van der Waals surface area (Å²) < 4.78 is 71.8. The van der Waals surface area contributed by atoms with E-state index < -0.39 is 70.6 Å². The van der Waals surface area contributed by atoms with Crippen molar-refractivity contribution in [3.8, 4) is 11.5 Å². The molecule has 1 heterocycles. The number of alkyl halides is 3. The minimum absolute atomic E-state index is 0.434. The van der Waals surface area contributed by atoms with Crippen LogP contribution in [-0.2, 0) is 11.0 Å². The zero-order chi connectivity index (χ0) is 22.8. The molecule has 7 nitrogen and oxygen atoms in total. The molecule has 0 aliphatic rings. The van der Waals surface area contributed by atoms with Crippen LogP contribution in [0.2, 0.25) is 0 Å². The number of carboxylic acid groups (broad SMARTS) is 1. The van der Waals surface area contributed by atoms with Crippen molar-refractivity contribution in [1.29, 1.82) is 0 Å². The Morgan fingerprint density at radius 2 is 1.81 bits per heavy atom. The predicted molar refractivity (Wildman–Crippen MR) is 93.6 cm³/mol. The second-order valence-electron chi connectivity index (χ2n) is 6.23. The van der Waals surface area contributed by atoms with Crippen LogP contribution in [0.25, 0.3) is 11.5 Å². The number of aromatic nitrogens is 2. The first-order chi connectivity index (χ1) is 14.6. The van der Waals surface area contributed by atoms with Crippen molar-refractivity contribution in [2.45, 2.75) is 18.6 Å². The molecule has 1 amide bonds. The topological polar surface area (TPSA) is 105 Å². The maximum atomic E-state index is 13.9. The standard InChI is InChI=1S/C19H12F5N3O4/c20-12-7-3-5-10(15(12)21)18-26-16(27-31-18)17(30)25-13(8-14(28)29)9-4-1-2-6-11(9)19(22,23)24/h1-7,13H,8H2,(H,25,30)(H,28,29). The van der Waals surface area contributed by atoms with Crippen LogP contribution in [0.3, 0.4) is 0 Å². The fraction of sp³-hybridized carbons (Fsp3) is 0.158. The molecule has 0 radical (unpaired) electrons. The van der Waals surface area contributed by atoms with Gasteiger partial charge in [-0.05, 0) is 23.8 Å². The Labute approximate surface area is 170 Å². The van der Waals surface area contributed by atoms with Crippen molar-refractivity contribution in [2.75, 3.05) is 0 Å². The summed E-state index contributed by atoms with van der Waals surface area (Å²) in [5.41, 5.74) is -2.04.